The molecule has 7 heteroatoms. The molecule has 2 amide bonds. The van der Waals surface area contributed by atoms with Gasteiger partial charge in [0.25, 0.3) is 0 Å². The minimum Gasteiger partial charge on any atom is -0.481 e. The summed E-state index contributed by atoms with van der Waals surface area (Å²) < 4.78 is 5.51. The fraction of sp³-hybridized carbons (Fsp3) is 0.444. The molecule has 0 unspecified atom stereocenters. The molecule has 0 saturated heterocycles. The molecule has 1 saturated carbocycles. The number of rotatable bonds is 8. The Bertz CT molecular complexity index is 992. The second-order valence-electron chi connectivity index (χ2n) is 9.11. The topological polar surface area (TPSA) is 105 Å². The zero-order valence-corrected chi connectivity index (χ0v) is 19.3. The van der Waals surface area contributed by atoms with Crippen LogP contribution in [0, 0.1) is 5.92 Å². The van der Waals surface area contributed by atoms with Gasteiger partial charge in [-0.1, -0.05) is 67.8 Å². The minimum atomic E-state index is -0.843. The maximum atomic E-state index is 12.3. The van der Waals surface area contributed by atoms with E-state index in [-0.39, 0.29) is 30.9 Å². The van der Waals surface area contributed by atoms with Crippen molar-refractivity contribution >= 4 is 18.0 Å². The van der Waals surface area contributed by atoms with Crippen LogP contribution in [-0.2, 0) is 14.3 Å². The third-order valence-electron chi connectivity index (χ3n) is 6.87. The van der Waals surface area contributed by atoms with Gasteiger partial charge in [0.05, 0.1) is 5.92 Å². The Morgan fingerprint density at radius 2 is 1.56 bits per heavy atom. The first-order valence-electron chi connectivity index (χ1n) is 12.2. The van der Waals surface area contributed by atoms with Gasteiger partial charge in [-0.3, -0.25) is 9.59 Å². The second kappa shape index (κ2) is 11.2. The van der Waals surface area contributed by atoms with Crippen LogP contribution in [0.4, 0.5) is 4.79 Å². The van der Waals surface area contributed by atoms with E-state index in [9.17, 15) is 19.5 Å². The van der Waals surface area contributed by atoms with E-state index in [4.69, 9.17) is 4.74 Å². The molecular weight excluding hydrogens is 432 g/mol. The number of aliphatic carboxylic acids is 1. The molecule has 180 valence electrons. The molecule has 34 heavy (non-hydrogen) atoms. The molecule has 2 aromatic rings. The molecule has 3 N–H and O–H groups in total. The molecule has 2 aromatic carbocycles. The van der Waals surface area contributed by atoms with Crippen molar-refractivity contribution in [3.8, 4) is 11.1 Å². The van der Waals surface area contributed by atoms with Gasteiger partial charge in [-0.25, -0.2) is 4.79 Å². The summed E-state index contributed by atoms with van der Waals surface area (Å²) in [6.07, 6.45) is 4.29. The fourth-order valence-corrected chi connectivity index (χ4v) is 5.14. The SMILES string of the molecule is O=C(CCCNC(=O)OCC1c2ccccc2-c2ccccc21)N[C@H]1CCCCC[C@H]1C(=O)O. The van der Waals surface area contributed by atoms with Crippen LogP contribution >= 0.6 is 0 Å². The van der Waals surface area contributed by atoms with E-state index < -0.39 is 18.0 Å². The molecule has 1 fully saturated rings. The minimum absolute atomic E-state index is 0.00526. The molecule has 0 radical (unpaired) electrons. The van der Waals surface area contributed by atoms with Crippen LogP contribution in [0.15, 0.2) is 48.5 Å². The third-order valence-corrected chi connectivity index (χ3v) is 6.87. The molecule has 0 heterocycles. The number of ether oxygens (including phenoxy) is 1. The third kappa shape index (κ3) is 5.58. The first-order valence-corrected chi connectivity index (χ1v) is 12.2. The average Bonchev–Trinajstić information content (AvgIpc) is 2.97. The summed E-state index contributed by atoms with van der Waals surface area (Å²) in [5, 5.41) is 15.1. The van der Waals surface area contributed by atoms with Crippen molar-refractivity contribution in [1.82, 2.24) is 10.6 Å². The summed E-state index contributed by atoms with van der Waals surface area (Å²) in [6, 6.07) is 16.0. The van der Waals surface area contributed by atoms with E-state index >= 15 is 0 Å². The molecule has 7 nitrogen and oxygen atoms in total. The van der Waals surface area contributed by atoms with Gasteiger partial charge in [0.15, 0.2) is 0 Å². The van der Waals surface area contributed by atoms with Crippen molar-refractivity contribution in [3.05, 3.63) is 59.7 Å². The number of carboxylic acid groups (broad SMARTS) is 1. The van der Waals surface area contributed by atoms with E-state index in [1.807, 2.05) is 24.3 Å². The van der Waals surface area contributed by atoms with Crippen LogP contribution in [0.5, 0.6) is 0 Å². The number of carbonyl (C=O) groups is 3. The van der Waals surface area contributed by atoms with Crippen molar-refractivity contribution in [2.45, 2.75) is 56.9 Å². The smallest absolute Gasteiger partial charge is 0.407 e. The summed E-state index contributed by atoms with van der Waals surface area (Å²) in [5.41, 5.74) is 4.67. The van der Waals surface area contributed by atoms with Crippen molar-refractivity contribution in [1.29, 1.82) is 0 Å². The van der Waals surface area contributed by atoms with Crippen LogP contribution < -0.4 is 10.6 Å². The van der Waals surface area contributed by atoms with Crippen molar-refractivity contribution < 1.29 is 24.2 Å². The van der Waals surface area contributed by atoms with E-state index in [0.29, 0.717) is 25.8 Å². The lowest BCUT2D eigenvalue weighted by Gasteiger charge is -2.22. The zero-order chi connectivity index (χ0) is 23.9. The number of fused-ring (bicyclic) bond motifs is 3. The van der Waals surface area contributed by atoms with Gasteiger partial charge in [0.1, 0.15) is 6.61 Å². The summed E-state index contributed by atoms with van der Waals surface area (Å²) >= 11 is 0. The number of carboxylic acids is 1. The summed E-state index contributed by atoms with van der Waals surface area (Å²) in [6.45, 7) is 0.565. The lowest BCUT2D eigenvalue weighted by Crippen LogP contribution is -2.43. The maximum absolute atomic E-state index is 12.3. The Labute approximate surface area is 199 Å². The number of amides is 2. The molecular formula is C27H32N2O5. The fourth-order valence-electron chi connectivity index (χ4n) is 5.14. The number of hydrogen-bond donors (Lipinski definition) is 3. The Hall–Kier alpha value is -3.35. The summed E-state index contributed by atoms with van der Waals surface area (Å²) in [4.78, 5) is 36.1. The number of hydrogen-bond acceptors (Lipinski definition) is 4. The lowest BCUT2D eigenvalue weighted by atomic mass is 9.94. The second-order valence-corrected chi connectivity index (χ2v) is 9.11. The van der Waals surface area contributed by atoms with Crippen molar-refractivity contribution in [2.24, 2.45) is 5.92 Å². The Kier molecular flexibility index (Phi) is 7.83. The van der Waals surface area contributed by atoms with E-state index in [2.05, 4.69) is 34.9 Å². The Morgan fingerprint density at radius 3 is 2.24 bits per heavy atom. The summed E-state index contributed by atoms with van der Waals surface area (Å²) in [5.74, 6) is -1.53. The monoisotopic (exact) mass is 464 g/mol. The van der Waals surface area contributed by atoms with Gasteiger partial charge < -0.3 is 20.5 Å². The Balaban J connectivity index is 1.20. The highest BCUT2D eigenvalue weighted by molar-refractivity contribution is 5.79. The lowest BCUT2D eigenvalue weighted by molar-refractivity contribution is -0.143. The number of benzene rings is 2. The van der Waals surface area contributed by atoms with E-state index in [1.165, 1.54) is 11.1 Å². The standard InChI is InChI=1S/C27H32N2O5/c30-25(29-24-14-3-1-2-13-22(24)26(31)32)15-8-16-28-27(33)34-17-23-20-11-6-4-9-18(20)19-10-5-7-12-21(19)23/h4-7,9-12,22-24H,1-3,8,13-17H2,(H,28,33)(H,29,30)(H,31,32)/t22-,24+/m1/s1. The van der Waals surface area contributed by atoms with Gasteiger partial charge in [-0.15, -0.1) is 0 Å². The van der Waals surface area contributed by atoms with Crippen LogP contribution in [0.25, 0.3) is 11.1 Å². The molecule has 2 aliphatic carbocycles. The van der Waals surface area contributed by atoms with Crippen LogP contribution in [0.2, 0.25) is 0 Å². The molecule has 0 aromatic heterocycles. The van der Waals surface area contributed by atoms with Crippen molar-refractivity contribution in [3.63, 3.8) is 0 Å². The molecule has 2 aliphatic rings. The summed E-state index contributed by atoms with van der Waals surface area (Å²) in [7, 11) is 0. The predicted molar refractivity (Wildman–Crippen MR) is 128 cm³/mol. The maximum Gasteiger partial charge on any atom is 0.407 e. The van der Waals surface area contributed by atoms with E-state index in [1.54, 1.807) is 0 Å². The highest BCUT2D eigenvalue weighted by Crippen LogP contribution is 2.44. The molecule has 2 atom stereocenters. The van der Waals surface area contributed by atoms with Crippen LogP contribution in [-0.4, -0.2) is 42.3 Å². The largest absolute Gasteiger partial charge is 0.481 e. The van der Waals surface area contributed by atoms with Crippen LogP contribution in [0.1, 0.15) is 62.0 Å². The van der Waals surface area contributed by atoms with Gasteiger partial charge in [-0.05, 0) is 41.5 Å². The quantitative estimate of drug-likeness (QED) is 0.395. The highest BCUT2D eigenvalue weighted by Gasteiger charge is 2.31. The zero-order valence-electron chi connectivity index (χ0n) is 19.3. The van der Waals surface area contributed by atoms with Crippen LogP contribution in [0.3, 0.4) is 0 Å². The Morgan fingerprint density at radius 1 is 0.912 bits per heavy atom. The molecule has 0 bridgehead atoms. The number of alkyl carbamates (subject to hydrolysis) is 1. The predicted octanol–water partition coefficient (Wildman–Crippen LogP) is 4.46. The highest BCUT2D eigenvalue weighted by atomic mass is 16.5. The van der Waals surface area contributed by atoms with Gasteiger partial charge in [0, 0.05) is 24.9 Å². The first kappa shape index (κ1) is 23.8. The van der Waals surface area contributed by atoms with Gasteiger partial charge in [0.2, 0.25) is 5.91 Å². The average molecular weight is 465 g/mol. The number of carbonyl (C=O) groups excluding carboxylic acids is 2. The molecule has 0 spiro atoms. The molecule has 0 aliphatic heterocycles. The first-order chi connectivity index (χ1) is 16.5. The molecule has 4 rings (SSSR count). The normalized spacial score (nSPS) is 19.4. The van der Waals surface area contributed by atoms with Crippen molar-refractivity contribution in [2.75, 3.05) is 13.2 Å². The van der Waals surface area contributed by atoms with Gasteiger partial charge in [-0.2, -0.15) is 0 Å². The number of nitrogens with one attached hydrogen (secondary N) is 2. The van der Waals surface area contributed by atoms with E-state index in [0.717, 1.165) is 30.4 Å². The van der Waals surface area contributed by atoms with Gasteiger partial charge >= 0.3 is 12.1 Å².